The van der Waals surface area contributed by atoms with E-state index in [0.29, 0.717) is 30.2 Å². The number of carbonyl (C=O) groups is 1. The number of thioether (sulfide) groups is 1. The standard InChI is InChI=1S/C19H15F3N2O2S/c20-19(21,22)13-6-7-15-14(10-13)23-18(27-16-8-9-26-17(16)25)24(15)11-12-4-2-1-3-5-12/h1-7,10,16H,8-9,11H2. The second-order valence-electron chi connectivity index (χ2n) is 6.23. The minimum atomic E-state index is -4.43. The van der Waals surface area contributed by atoms with Gasteiger partial charge in [-0.3, -0.25) is 4.79 Å². The number of cyclic esters (lactones) is 1. The van der Waals surface area contributed by atoms with Crippen LogP contribution in [0.2, 0.25) is 0 Å². The van der Waals surface area contributed by atoms with E-state index in [1.165, 1.54) is 17.8 Å². The van der Waals surface area contributed by atoms with Crippen molar-refractivity contribution >= 4 is 28.8 Å². The first-order chi connectivity index (χ1) is 12.9. The molecule has 0 bridgehead atoms. The Bertz CT molecular complexity index is 986. The van der Waals surface area contributed by atoms with E-state index >= 15 is 0 Å². The van der Waals surface area contributed by atoms with Crippen LogP contribution in [-0.4, -0.2) is 27.4 Å². The zero-order valence-electron chi connectivity index (χ0n) is 14.1. The van der Waals surface area contributed by atoms with Crippen molar-refractivity contribution in [3.05, 3.63) is 59.7 Å². The summed E-state index contributed by atoms with van der Waals surface area (Å²) in [6, 6.07) is 13.1. The monoisotopic (exact) mass is 392 g/mol. The molecule has 2 aromatic carbocycles. The molecule has 1 fully saturated rings. The fraction of sp³-hybridized carbons (Fsp3) is 0.263. The molecule has 8 heteroatoms. The SMILES string of the molecule is O=C1OCCC1Sc1nc2cc(C(F)(F)F)ccc2n1Cc1ccccc1. The second kappa shape index (κ2) is 6.92. The molecule has 1 aliphatic rings. The smallest absolute Gasteiger partial charge is 0.416 e. The number of rotatable bonds is 4. The fourth-order valence-corrected chi connectivity index (χ4v) is 4.08. The first kappa shape index (κ1) is 17.9. The Morgan fingerprint density at radius 2 is 1.96 bits per heavy atom. The van der Waals surface area contributed by atoms with Crippen LogP contribution in [0.5, 0.6) is 0 Å². The van der Waals surface area contributed by atoms with Gasteiger partial charge in [-0.2, -0.15) is 13.2 Å². The van der Waals surface area contributed by atoms with Gasteiger partial charge < -0.3 is 9.30 Å². The van der Waals surface area contributed by atoms with Crippen molar-refractivity contribution in [3.8, 4) is 0 Å². The molecule has 4 rings (SSSR count). The van der Waals surface area contributed by atoms with Crippen molar-refractivity contribution in [1.82, 2.24) is 9.55 Å². The highest BCUT2D eigenvalue weighted by Gasteiger charge is 2.32. The molecule has 1 unspecified atom stereocenters. The quantitative estimate of drug-likeness (QED) is 0.613. The third kappa shape index (κ3) is 3.66. The molecule has 1 atom stereocenters. The van der Waals surface area contributed by atoms with Crippen LogP contribution in [0.1, 0.15) is 17.5 Å². The minimum Gasteiger partial charge on any atom is -0.465 e. The normalized spacial score (nSPS) is 17.4. The number of nitrogens with zero attached hydrogens (tertiary/aromatic N) is 2. The van der Waals surface area contributed by atoms with Crippen molar-refractivity contribution in [1.29, 1.82) is 0 Å². The van der Waals surface area contributed by atoms with E-state index in [9.17, 15) is 18.0 Å². The molecular formula is C19H15F3N2O2S. The molecule has 2 heterocycles. The summed E-state index contributed by atoms with van der Waals surface area (Å²) in [5.41, 5.74) is 1.11. The Morgan fingerprint density at radius 1 is 1.19 bits per heavy atom. The van der Waals surface area contributed by atoms with Gasteiger partial charge in [-0.1, -0.05) is 42.1 Å². The van der Waals surface area contributed by atoms with Gasteiger partial charge in [0.1, 0.15) is 5.25 Å². The molecule has 3 aromatic rings. The Balaban J connectivity index is 1.78. The van der Waals surface area contributed by atoms with Gasteiger partial charge in [-0.15, -0.1) is 0 Å². The highest BCUT2D eigenvalue weighted by Crippen LogP contribution is 2.35. The van der Waals surface area contributed by atoms with E-state index in [-0.39, 0.29) is 11.5 Å². The van der Waals surface area contributed by atoms with Crippen molar-refractivity contribution < 1.29 is 22.7 Å². The number of carbonyl (C=O) groups excluding carboxylic acids is 1. The summed E-state index contributed by atoms with van der Waals surface area (Å²) >= 11 is 1.24. The van der Waals surface area contributed by atoms with Crippen LogP contribution in [0.15, 0.2) is 53.7 Å². The molecule has 0 spiro atoms. The van der Waals surface area contributed by atoms with E-state index in [4.69, 9.17) is 4.74 Å². The lowest BCUT2D eigenvalue weighted by molar-refractivity contribution is -0.138. The van der Waals surface area contributed by atoms with E-state index in [1.807, 2.05) is 34.9 Å². The molecule has 1 saturated heterocycles. The Hall–Kier alpha value is -2.48. The van der Waals surface area contributed by atoms with Gasteiger partial charge in [0.05, 0.1) is 29.7 Å². The summed E-state index contributed by atoms with van der Waals surface area (Å²) in [6.07, 6.45) is -3.87. The van der Waals surface area contributed by atoms with Crippen LogP contribution in [0, 0.1) is 0 Å². The molecular weight excluding hydrogens is 377 g/mol. The largest absolute Gasteiger partial charge is 0.465 e. The van der Waals surface area contributed by atoms with Crippen molar-refractivity contribution in [2.24, 2.45) is 0 Å². The summed E-state index contributed by atoms with van der Waals surface area (Å²) in [7, 11) is 0. The summed E-state index contributed by atoms with van der Waals surface area (Å²) in [5, 5.41) is 0.121. The molecule has 0 amide bonds. The van der Waals surface area contributed by atoms with Crippen LogP contribution >= 0.6 is 11.8 Å². The van der Waals surface area contributed by atoms with E-state index in [0.717, 1.165) is 17.7 Å². The van der Waals surface area contributed by atoms with E-state index < -0.39 is 17.0 Å². The van der Waals surface area contributed by atoms with Gasteiger partial charge >= 0.3 is 12.1 Å². The Morgan fingerprint density at radius 3 is 2.63 bits per heavy atom. The molecule has 0 saturated carbocycles. The van der Waals surface area contributed by atoms with Crippen molar-refractivity contribution in [3.63, 3.8) is 0 Å². The van der Waals surface area contributed by atoms with Crippen LogP contribution in [0.3, 0.4) is 0 Å². The number of hydrogen-bond donors (Lipinski definition) is 0. The number of hydrogen-bond acceptors (Lipinski definition) is 4. The van der Waals surface area contributed by atoms with E-state index in [1.54, 1.807) is 0 Å². The average molecular weight is 392 g/mol. The first-order valence-electron chi connectivity index (χ1n) is 8.36. The maximum absolute atomic E-state index is 13.0. The number of alkyl halides is 3. The van der Waals surface area contributed by atoms with Gasteiger partial charge in [-0.25, -0.2) is 4.98 Å². The maximum Gasteiger partial charge on any atom is 0.416 e. The minimum absolute atomic E-state index is 0.259. The number of halogens is 3. The third-order valence-corrected chi connectivity index (χ3v) is 5.59. The maximum atomic E-state index is 13.0. The first-order valence-corrected chi connectivity index (χ1v) is 9.24. The lowest BCUT2D eigenvalue weighted by atomic mass is 10.2. The van der Waals surface area contributed by atoms with Crippen molar-refractivity contribution in [2.75, 3.05) is 6.61 Å². The average Bonchev–Trinajstić information content (AvgIpc) is 3.19. The number of esters is 1. The van der Waals surface area contributed by atoms with Crippen LogP contribution in [0.25, 0.3) is 11.0 Å². The van der Waals surface area contributed by atoms with Crippen molar-refractivity contribution in [2.45, 2.75) is 29.5 Å². The van der Waals surface area contributed by atoms with E-state index in [2.05, 4.69) is 4.98 Å². The molecule has 27 heavy (non-hydrogen) atoms. The lowest BCUT2D eigenvalue weighted by Crippen LogP contribution is -2.11. The third-order valence-electron chi connectivity index (χ3n) is 4.36. The fourth-order valence-electron chi connectivity index (χ4n) is 3.00. The molecule has 4 nitrogen and oxygen atoms in total. The van der Waals surface area contributed by atoms with Crippen LogP contribution < -0.4 is 0 Å². The predicted molar refractivity (Wildman–Crippen MR) is 95.5 cm³/mol. The predicted octanol–water partition coefficient (Wildman–Crippen LogP) is 4.51. The molecule has 0 radical (unpaired) electrons. The zero-order chi connectivity index (χ0) is 19.0. The molecule has 1 aromatic heterocycles. The second-order valence-corrected chi connectivity index (χ2v) is 7.40. The van der Waals surface area contributed by atoms with Gasteiger partial charge in [0, 0.05) is 6.42 Å². The van der Waals surface area contributed by atoms with Crippen LogP contribution in [0.4, 0.5) is 13.2 Å². The van der Waals surface area contributed by atoms with Gasteiger partial charge in [0.25, 0.3) is 0 Å². The lowest BCUT2D eigenvalue weighted by Gasteiger charge is -2.11. The number of fused-ring (bicyclic) bond motifs is 1. The Labute approximate surface area is 157 Å². The number of aromatic nitrogens is 2. The molecule has 140 valence electrons. The highest BCUT2D eigenvalue weighted by atomic mass is 32.2. The van der Waals surface area contributed by atoms with Gasteiger partial charge in [0.2, 0.25) is 0 Å². The molecule has 0 aliphatic carbocycles. The topological polar surface area (TPSA) is 44.1 Å². The van der Waals surface area contributed by atoms with Crippen LogP contribution in [-0.2, 0) is 22.3 Å². The summed E-state index contributed by atoms with van der Waals surface area (Å²) in [4.78, 5) is 16.2. The zero-order valence-corrected chi connectivity index (χ0v) is 14.9. The number of ether oxygens (including phenoxy) is 1. The summed E-state index contributed by atoms with van der Waals surface area (Å²) in [5.74, 6) is -0.311. The number of imidazole rings is 1. The number of benzene rings is 2. The Kier molecular flexibility index (Phi) is 4.59. The molecule has 1 aliphatic heterocycles. The van der Waals surface area contributed by atoms with Gasteiger partial charge in [-0.05, 0) is 23.8 Å². The summed E-state index contributed by atoms with van der Waals surface area (Å²) in [6.45, 7) is 0.806. The molecule has 0 N–H and O–H groups in total. The van der Waals surface area contributed by atoms with Gasteiger partial charge in [0.15, 0.2) is 5.16 Å². The summed E-state index contributed by atoms with van der Waals surface area (Å²) < 4.78 is 46.0. The highest BCUT2D eigenvalue weighted by molar-refractivity contribution is 8.00.